The Morgan fingerprint density at radius 2 is 2.30 bits per heavy atom. The van der Waals surface area contributed by atoms with Gasteiger partial charge in [0.15, 0.2) is 0 Å². The van der Waals surface area contributed by atoms with Crippen LogP contribution < -0.4 is 5.32 Å². The standard InChI is InChI=1S/C14H24N4OS/c1-10(2)18-13(7-8-15-18)16-14(19)17(3)11-5-6-12(9-11)20-4/h7-8,10-12H,5-6,9H2,1-4H3,(H,16,19)/t11-,12-/m0/s1. The van der Waals surface area contributed by atoms with Crippen molar-refractivity contribution in [1.82, 2.24) is 14.7 Å². The lowest BCUT2D eigenvalue weighted by Gasteiger charge is -2.25. The van der Waals surface area contributed by atoms with E-state index in [1.54, 1.807) is 6.20 Å². The molecule has 1 saturated carbocycles. The molecule has 112 valence electrons. The first kappa shape index (κ1) is 15.2. The lowest BCUT2D eigenvalue weighted by Crippen LogP contribution is -2.39. The van der Waals surface area contributed by atoms with Gasteiger partial charge in [-0.15, -0.1) is 0 Å². The van der Waals surface area contributed by atoms with Gasteiger partial charge in [0.1, 0.15) is 5.82 Å². The molecule has 2 atom stereocenters. The maximum Gasteiger partial charge on any atom is 0.322 e. The summed E-state index contributed by atoms with van der Waals surface area (Å²) in [5, 5.41) is 7.88. The van der Waals surface area contributed by atoms with Crippen LogP contribution >= 0.6 is 11.8 Å². The molecule has 0 spiro atoms. The molecule has 1 heterocycles. The highest BCUT2D eigenvalue weighted by Gasteiger charge is 2.29. The lowest BCUT2D eigenvalue weighted by molar-refractivity contribution is 0.204. The van der Waals surface area contributed by atoms with E-state index in [9.17, 15) is 4.79 Å². The Kier molecular flexibility index (Phi) is 4.96. The number of carbonyl (C=O) groups excluding carboxylic acids is 1. The van der Waals surface area contributed by atoms with Crippen LogP contribution in [0.5, 0.6) is 0 Å². The van der Waals surface area contributed by atoms with Crippen molar-refractivity contribution in [2.24, 2.45) is 0 Å². The number of rotatable bonds is 4. The van der Waals surface area contributed by atoms with Crippen LogP contribution in [-0.2, 0) is 0 Å². The van der Waals surface area contributed by atoms with Gasteiger partial charge < -0.3 is 4.90 Å². The minimum Gasteiger partial charge on any atom is -0.325 e. The number of urea groups is 1. The second-order valence-corrected chi connectivity index (χ2v) is 6.76. The molecule has 1 aromatic heterocycles. The molecule has 1 aliphatic rings. The Bertz CT molecular complexity index is 460. The van der Waals surface area contributed by atoms with Gasteiger partial charge in [0, 0.05) is 30.4 Å². The number of hydrogen-bond donors (Lipinski definition) is 1. The molecular formula is C14H24N4OS. The molecule has 1 fully saturated rings. The molecule has 5 nitrogen and oxygen atoms in total. The fourth-order valence-electron chi connectivity index (χ4n) is 2.67. The van der Waals surface area contributed by atoms with Crippen LogP contribution in [0, 0.1) is 0 Å². The van der Waals surface area contributed by atoms with E-state index in [0.29, 0.717) is 11.3 Å². The van der Waals surface area contributed by atoms with Crippen molar-refractivity contribution >= 4 is 23.6 Å². The molecule has 0 aliphatic heterocycles. The van der Waals surface area contributed by atoms with Crippen LogP contribution in [-0.4, -0.2) is 45.3 Å². The molecule has 0 unspecified atom stereocenters. The predicted molar refractivity (Wildman–Crippen MR) is 84.3 cm³/mol. The third kappa shape index (κ3) is 3.29. The summed E-state index contributed by atoms with van der Waals surface area (Å²) in [4.78, 5) is 14.2. The zero-order chi connectivity index (χ0) is 14.7. The minimum atomic E-state index is -0.0425. The van der Waals surface area contributed by atoms with E-state index in [2.05, 4.69) is 16.7 Å². The molecule has 0 radical (unpaired) electrons. The Morgan fingerprint density at radius 3 is 2.90 bits per heavy atom. The molecule has 0 saturated heterocycles. The maximum atomic E-state index is 12.3. The van der Waals surface area contributed by atoms with Crippen LogP contribution in [0.4, 0.5) is 10.6 Å². The van der Waals surface area contributed by atoms with E-state index < -0.39 is 0 Å². The minimum absolute atomic E-state index is 0.0425. The number of amides is 2. The number of nitrogens with one attached hydrogen (secondary N) is 1. The van der Waals surface area contributed by atoms with Crippen molar-refractivity contribution in [3.05, 3.63) is 12.3 Å². The van der Waals surface area contributed by atoms with Gasteiger partial charge in [0.2, 0.25) is 0 Å². The van der Waals surface area contributed by atoms with Gasteiger partial charge in [0.05, 0.1) is 6.20 Å². The molecule has 1 aliphatic carbocycles. The Morgan fingerprint density at radius 1 is 1.55 bits per heavy atom. The Balaban J connectivity index is 1.96. The van der Waals surface area contributed by atoms with Crippen LogP contribution in [0.3, 0.4) is 0 Å². The summed E-state index contributed by atoms with van der Waals surface area (Å²) in [6.45, 7) is 4.10. The highest BCUT2D eigenvalue weighted by Crippen LogP contribution is 2.31. The first-order valence-corrected chi connectivity index (χ1v) is 8.41. The predicted octanol–water partition coefficient (Wildman–Crippen LogP) is 3.21. The van der Waals surface area contributed by atoms with E-state index in [1.165, 1.54) is 6.42 Å². The Hall–Kier alpha value is -1.17. The quantitative estimate of drug-likeness (QED) is 0.928. The zero-order valence-corrected chi connectivity index (χ0v) is 13.5. The molecule has 0 aromatic carbocycles. The van der Waals surface area contributed by atoms with Gasteiger partial charge in [-0.3, -0.25) is 5.32 Å². The van der Waals surface area contributed by atoms with Crippen molar-refractivity contribution in [3.63, 3.8) is 0 Å². The molecule has 1 aromatic rings. The average molecular weight is 296 g/mol. The van der Waals surface area contributed by atoms with Gasteiger partial charge in [0.25, 0.3) is 0 Å². The van der Waals surface area contributed by atoms with Crippen LogP contribution in [0.2, 0.25) is 0 Å². The number of nitrogens with zero attached hydrogens (tertiary/aromatic N) is 3. The average Bonchev–Trinajstić information content (AvgIpc) is 3.06. The van der Waals surface area contributed by atoms with E-state index in [4.69, 9.17) is 0 Å². The topological polar surface area (TPSA) is 50.2 Å². The second-order valence-electron chi connectivity index (χ2n) is 5.62. The highest BCUT2D eigenvalue weighted by molar-refractivity contribution is 7.99. The maximum absolute atomic E-state index is 12.3. The first-order chi connectivity index (χ1) is 9.52. The summed E-state index contributed by atoms with van der Waals surface area (Å²) < 4.78 is 1.82. The summed E-state index contributed by atoms with van der Waals surface area (Å²) in [6, 6.07) is 2.38. The molecule has 2 rings (SSSR count). The number of aromatic nitrogens is 2. The Labute approximate surface area is 125 Å². The van der Waals surface area contributed by atoms with Crippen LogP contribution in [0.15, 0.2) is 12.3 Å². The fraction of sp³-hybridized carbons (Fsp3) is 0.714. The monoisotopic (exact) mass is 296 g/mol. The number of thioether (sulfide) groups is 1. The summed E-state index contributed by atoms with van der Waals surface area (Å²) in [6.07, 6.45) is 7.25. The van der Waals surface area contributed by atoms with Gasteiger partial charge in [-0.25, -0.2) is 9.48 Å². The van der Waals surface area contributed by atoms with Gasteiger partial charge in [-0.1, -0.05) is 0 Å². The van der Waals surface area contributed by atoms with E-state index in [0.717, 1.165) is 18.7 Å². The van der Waals surface area contributed by atoms with E-state index in [1.807, 2.05) is 48.3 Å². The molecule has 6 heteroatoms. The van der Waals surface area contributed by atoms with Crippen LogP contribution in [0.25, 0.3) is 0 Å². The first-order valence-electron chi connectivity index (χ1n) is 7.13. The smallest absolute Gasteiger partial charge is 0.322 e. The number of carbonyl (C=O) groups is 1. The molecular weight excluding hydrogens is 272 g/mol. The fourth-order valence-corrected chi connectivity index (χ4v) is 3.46. The summed E-state index contributed by atoms with van der Waals surface area (Å²) >= 11 is 1.90. The summed E-state index contributed by atoms with van der Waals surface area (Å²) in [7, 11) is 1.89. The van der Waals surface area contributed by atoms with Crippen LogP contribution in [0.1, 0.15) is 39.2 Å². The molecule has 0 bridgehead atoms. The lowest BCUT2D eigenvalue weighted by atomic mass is 10.2. The number of anilines is 1. The largest absolute Gasteiger partial charge is 0.325 e. The van der Waals surface area contributed by atoms with Gasteiger partial charge >= 0.3 is 6.03 Å². The zero-order valence-electron chi connectivity index (χ0n) is 12.7. The van der Waals surface area contributed by atoms with E-state index in [-0.39, 0.29) is 12.1 Å². The normalized spacial score (nSPS) is 22.2. The third-order valence-electron chi connectivity index (χ3n) is 3.95. The van der Waals surface area contributed by atoms with Crippen molar-refractivity contribution < 1.29 is 4.79 Å². The molecule has 1 N–H and O–H groups in total. The molecule has 2 amide bonds. The molecule has 20 heavy (non-hydrogen) atoms. The van der Waals surface area contributed by atoms with Gasteiger partial charge in [-0.05, 0) is 39.4 Å². The third-order valence-corrected chi connectivity index (χ3v) is 5.05. The SMILES string of the molecule is CS[C@H]1CC[C@H](N(C)C(=O)Nc2ccnn2C(C)C)C1. The van der Waals surface area contributed by atoms with E-state index >= 15 is 0 Å². The van der Waals surface area contributed by atoms with Crippen molar-refractivity contribution in [1.29, 1.82) is 0 Å². The van der Waals surface area contributed by atoms with Crippen molar-refractivity contribution in [3.8, 4) is 0 Å². The van der Waals surface area contributed by atoms with Crippen molar-refractivity contribution in [2.45, 2.75) is 50.4 Å². The number of hydrogen-bond acceptors (Lipinski definition) is 3. The second kappa shape index (κ2) is 6.52. The highest BCUT2D eigenvalue weighted by atomic mass is 32.2. The van der Waals surface area contributed by atoms with Crippen molar-refractivity contribution in [2.75, 3.05) is 18.6 Å². The summed E-state index contributed by atoms with van der Waals surface area (Å²) in [5.41, 5.74) is 0. The summed E-state index contributed by atoms with van der Waals surface area (Å²) in [5.74, 6) is 0.760. The van der Waals surface area contributed by atoms with Gasteiger partial charge in [-0.2, -0.15) is 16.9 Å².